The first-order chi connectivity index (χ1) is 13.9. The second-order valence-electron chi connectivity index (χ2n) is 6.47. The average Bonchev–Trinajstić information content (AvgIpc) is 2.70. The van der Waals surface area contributed by atoms with Gasteiger partial charge in [-0.3, -0.25) is 14.9 Å². The fourth-order valence-corrected chi connectivity index (χ4v) is 3.16. The van der Waals surface area contributed by atoms with E-state index in [2.05, 4.69) is 23.5 Å². The number of aryl methyl sites for hydroxylation is 2. The van der Waals surface area contributed by atoms with Crippen molar-refractivity contribution in [2.45, 2.75) is 32.7 Å². The van der Waals surface area contributed by atoms with Crippen molar-refractivity contribution in [2.75, 3.05) is 7.11 Å². The van der Waals surface area contributed by atoms with Gasteiger partial charge in [0.1, 0.15) is 0 Å². The summed E-state index contributed by atoms with van der Waals surface area (Å²) in [7, 11) is 1.53. The van der Waals surface area contributed by atoms with E-state index >= 15 is 0 Å². The van der Waals surface area contributed by atoms with Crippen LogP contribution in [0.5, 0.6) is 5.88 Å². The summed E-state index contributed by atoms with van der Waals surface area (Å²) in [6, 6.07) is 6.42. The highest BCUT2D eigenvalue weighted by molar-refractivity contribution is 5.96. The number of hydrogen-bond acceptors (Lipinski definition) is 5. The molecule has 1 heterocycles. The lowest BCUT2D eigenvalue weighted by molar-refractivity contribution is -0.385. The lowest BCUT2D eigenvalue weighted by atomic mass is 10.0. The van der Waals surface area contributed by atoms with Crippen molar-refractivity contribution in [3.8, 4) is 5.88 Å². The smallest absolute Gasteiger partial charge is 0.273 e. The van der Waals surface area contributed by atoms with Gasteiger partial charge in [0.25, 0.3) is 11.6 Å². The van der Waals surface area contributed by atoms with Crippen LogP contribution in [0.25, 0.3) is 0 Å². The molecule has 1 amide bonds. The Kier molecular flexibility index (Phi) is 7.65. The third-order valence-corrected chi connectivity index (χ3v) is 4.48. The van der Waals surface area contributed by atoms with Crippen LogP contribution < -0.4 is 10.1 Å². The largest absolute Gasteiger partial charge is 0.481 e. The van der Waals surface area contributed by atoms with E-state index in [0.29, 0.717) is 11.4 Å². The van der Waals surface area contributed by atoms with E-state index in [1.807, 2.05) is 19.1 Å². The molecule has 0 spiro atoms. The lowest BCUT2D eigenvalue weighted by Gasteiger charge is -2.15. The molecule has 152 valence electrons. The summed E-state index contributed by atoms with van der Waals surface area (Å²) in [6.07, 6.45) is 5.11. The summed E-state index contributed by atoms with van der Waals surface area (Å²) in [5.74, 6) is 0.0533. The molecule has 1 N–H and O–H groups in total. The van der Waals surface area contributed by atoms with Crippen LogP contribution in [-0.4, -0.2) is 22.9 Å². The van der Waals surface area contributed by atoms with E-state index in [0.717, 1.165) is 29.7 Å². The molecule has 2 aromatic rings. The minimum absolute atomic E-state index is 0.0983. The van der Waals surface area contributed by atoms with E-state index in [-0.39, 0.29) is 24.2 Å². The van der Waals surface area contributed by atoms with Crippen LogP contribution in [0.1, 0.15) is 39.2 Å². The third-order valence-electron chi connectivity index (χ3n) is 4.48. The van der Waals surface area contributed by atoms with Gasteiger partial charge in [-0.15, -0.1) is 13.2 Å². The molecule has 2 rings (SSSR count). The Bertz CT molecular complexity index is 938. The van der Waals surface area contributed by atoms with Crippen LogP contribution >= 0.6 is 0 Å². The zero-order chi connectivity index (χ0) is 21.4. The van der Waals surface area contributed by atoms with Crippen molar-refractivity contribution in [1.29, 1.82) is 0 Å². The van der Waals surface area contributed by atoms with E-state index in [1.165, 1.54) is 19.2 Å². The SMILES string of the molecule is C=CCCc1cc(C)nc(OC)c1CNC(=O)c1cccc([N+](=O)[O-])c1CC=C. The van der Waals surface area contributed by atoms with Gasteiger partial charge in [-0.1, -0.05) is 18.2 Å². The van der Waals surface area contributed by atoms with Crippen molar-refractivity contribution in [1.82, 2.24) is 10.3 Å². The topological polar surface area (TPSA) is 94.4 Å². The molecular formula is C22H25N3O4. The fourth-order valence-electron chi connectivity index (χ4n) is 3.16. The van der Waals surface area contributed by atoms with E-state index in [4.69, 9.17) is 4.74 Å². The highest BCUT2D eigenvalue weighted by Crippen LogP contribution is 2.25. The molecule has 0 unspecified atom stereocenters. The Morgan fingerprint density at radius 1 is 1.31 bits per heavy atom. The van der Waals surface area contributed by atoms with E-state index < -0.39 is 10.8 Å². The quantitative estimate of drug-likeness (QED) is 0.371. The highest BCUT2D eigenvalue weighted by Gasteiger charge is 2.21. The zero-order valence-electron chi connectivity index (χ0n) is 16.7. The van der Waals surface area contributed by atoms with Gasteiger partial charge in [-0.2, -0.15) is 0 Å². The number of carbonyl (C=O) groups is 1. The molecule has 0 aliphatic rings. The molecular weight excluding hydrogens is 370 g/mol. The Labute approximate surface area is 170 Å². The second kappa shape index (κ2) is 10.2. The first-order valence-electron chi connectivity index (χ1n) is 9.22. The number of benzene rings is 1. The summed E-state index contributed by atoms with van der Waals surface area (Å²) in [4.78, 5) is 28.1. The van der Waals surface area contributed by atoms with Crippen molar-refractivity contribution < 1.29 is 14.5 Å². The number of methoxy groups -OCH3 is 1. The number of rotatable bonds is 10. The Hall–Kier alpha value is -3.48. The molecule has 0 aliphatic carbocycles. The molecule has 1 aromatic heterocycles. The summed E-state index contributed by atoms with van der Waals surface area (Å²) in [5, 5.41) is 14.2. The number of nitro benzene ring substituents is 1. The predicted molar refractivity (Wildman–Crippen MR) is 112 cm³/mol. The van der Waals surface area contributed by atoms with Crippen LogP contribution in [0.15, 0.2) is 49.6 Å². The molecule has 29 heavy (non-hydrogen) atoms. The van der Waals surface area contributed by atoms with Gasteiger partial charge in [0.15, 0.2) is 0 Å². The normalized spacial score (nSPS) is 10.3. The molecule has 7 heteroatoms. The van der Waals surface area contributed by atoms with Crippen LogP contribution in [0.3, 0.4) is 0 Å². The number of pyridine rings is 1. The third kappa shape index (κ3) is 5.28. The van der Waals surface area contributed by atoms with Crippen molar-refractivity contribution in [3.05, 3.63) is 87.6 Å². The maximum absolute atomic E-state index is 12.8. The number of nitrogens with zero attached hydrogens (tertiary/aromatic N) is 2. The maximum atomic E-state index is 12.8. The second-order valence-corrected chi connectivity index (χ2v) is 6.47. The van der Waals surface area contributed by atoms with Crippen LogP contribution in [0.2, 0.25) is 0 Å². The van der Waals surface area contributed by atoms with E-state index in [9.17, 15) is 14.9 Å². The fraction of sp³-hybridized carbons (Fsp3) is 0.273. The van der Waals surface area contributed by atoms with Gasteiger partial charge in [-0.05, 0) is 43.9 Å². The summed E-state index contributed by atoms with van der Waals surface area (Å²) >= 11 is 0. The Balaban J connectivity index is 2.34. The number of aromatic nitrogens is 1. The number of allylic oxidation sites excluding steroid dienone is 2. The molecule has 0 fully saturated rings. The summed E-state index contributed by atoms with van der Waals surface area (Å²) in [6.45, 7) is 9.46. The van der Waals surface area contributed by atoms with Gasteiger partial charge in [0.2, 0.25) is 5.88 Å². The van der Waals surface area contributed by atoms with Crippen LogP contribution in [0.4, 0.5) is 5.69 Å². The number of carbonyl (C=O) groups excluding carboxylic acids is 1. The monoisotopic (exact) mass is 395 g/mol. The van der Waals surface area contributed by atoms with Gasteiger partial charge in [-0.25, -0.2) is 4.98 Å². The van der Waals surface area contributed by atoms with Gasteiger partial charge in [0, 0.05) is 35.0 Å². The minimum Gasteiger partial charge on any atom is -0.481 e. The Morgan fingerprint density at radius 2 is 2.07 bits per heavy atom. The highest BCUT2D eigenvalue weighted by atomic mass is 16.6. The van der Waals surface area contributed by atoms with Crippen LogP contribution in [-0.2, 0) is 19.4 Å². The molecule has 0 aliphatic heterocycles. The first-order valence-corrected chi connectivity index (χ1v) is 9.22. The van der Waals surface area contributed by atoms with E-state index in [1.54, 1.807) is 12.1 Å². The van der Waals surface area contributed by atoms with Gasteiger partial charge >= 0.3 is 0 Å². The molecule has 0 saturated heterocycles. The van der Waals surface area contributed by atoms with Crippen molar-refractivity contribution in [3.63, 3.8) is 0 Å². The Morgan fingerprint density at radius 3 is 2.69 bits per heavy atom. The average molecular weight is 395 g/mol. The number of nitrogens with one attached hydrogen (secondary N) is 1. The number of nitro groups is 1. The van der Waals surface area contributed by atoms with Crippen molar-refractivity contribution >= 4 is 11.6 Å². The summed E-state index contributed by atoms with van der Waals surface area (Å²) in [5.41, 5.74) is 3.11. The number of ether oxygens (including phenoxy) is 1. The molecule has 0 bridgehead atoms. The minimum atomic E-state index is -0.490. The summed E-state index contributed by atoms with van der Waals surface area (Å²) < 4.78 is 5.41. The molecule has 0 atom stereocenters. The maximum Gasteiger partial charge on any atom is 0.273 e. The molecule has 7 nitrogen and oxygen atoms in total. The van der Waals surface area contributed by atoms with Crippen LogP contribution in [0, 0.1) is 17.0 Å². The molecule has 1 aromatic carbocycles. The first kappa shape index (κ1) is 21.8. The van der Waals surface area contributed by atoms with Gasteiger partial charge < -0.3 is 10.1 Å². The van der Waals surface area contributed by atoms with Crippen molar-refractivity contribution in [2.24, 2.45) is 0 Å². The molecule has 0 saturated carbocycles. The van der Waals surface area contributed by atoms with Gasteiger partial charge in [0.05, 0.1) is 12.0 Å². The number of hydrogen-bond donors (Lipinski definition) is 1. The standard InChI is InChI=1S/C22H25N3O4/c1-5-7-10-16-13-15(3)24-22(29-4)19(16)14-23-21(26)18-11-8-12-20(25(27)28)17(18)9-6-2/h5-6,8,11-13H,1-2,7,9-10,14H2,3-4H3,(H,23,26). The number of amides is 1. The predicted octanol–water partition coefficient (Wildman–Crippen LogP) is 4.08. The zero-order valence-corrected chi connectivity index (χ0v) is 16.7. The molecule has 0 radical (unpaired) electrons. The lowest BCUT2D eigenvalue weighted by Crippen LogP contribution is -2.25.